The normalized spacial score (nSPS) is 10.1. The number of rotatable bonds is 7. The topological polar surface area (TPSA) is 67.4 Å². The van der Waals surface area contributed by atoms with Crippen molar-refractivity contribution in [2.45, 2.75) is 13.3 Å². The summed E-state index contributed by atoms with van der Waals surface area (Å²) >= 11 is 0. The lowest BCUT2D eigenvalue weighted by Gasteiger charge is -2.09. The number of hydrogen-bond donors (Lipinski definition) is 2. The van der Waals surface area contributed by atoms with E-state index < -0.39 is 5.82 Å². The number of amides is 2. The number of carbonyl (C=O) groups is 2. The van der Waals surface area contributed by atoms with Crippen LogP contribution in [0.5, 0.6) is 5.75 Å². The quantitative estimate of drug-likeness (QED) is 0.820. The lowest BCUT2D eigenvalue weighted by Crippen LogP contribution is -2.23. The highest BCUT2D eigenvalue weighted by Crippen LogP contribution is 2.16. The molecule has 5 nitrogen and oxygen atoms in total. The largest absolute Gasteiger partial charge is 0.490 e. The molecule has 2 aromatic rings. The van der Waals surface area contributed by atoms with Gasteiger partial charge in [0.2, 0.25) is 5.91 Å². The summed E-state index contributed by atoms with van der Waals surface area (Å²) in [5.74, 6) is -0.827. The first-order valence-electron chi connectivity index (χ1n) is 7.65. The average Bonchev–Trinajstić information content (AvgIpc) is 2.57. The van der Waals surface area contributed by atoms with Gasteiger partial charge >= 0.3 is 0 Å². The third-order valence-corrected chi connectivity index (χ3v) is 3.17. The summed E-state index contributed by atoms with van der Waals surface area (Å²) in [4.78, 5) is 23.7. The minimum Gasteiger partial charge on any atom is -0.490 e. The molecule has 0 radical (unpaired) electrons. The fourth-order valence-corrected chi connectivity index (χ4v) is 2.04. The zero-order chi connectivity index (χ0) is 17.4. The Morgan fingerprint density at radius 1 is 1.12 bits per heavy atom. The maximum absolute atomic E-state index is 13.4. The van der Waals surface area contributed by atoms with E-state index in [0.29, 0.717) is 17.8 Å². The molecule has 2 aromatic carbocycles. The Morgan fingerprint density at radius 2 is 1.92 bits per heavy atom. The van der Waals surface area contributed by atoms with Gasteiger partial charge in [0.15, 0.2) is 11.6 Å². The molecule has 2 amide bonds. The molecule has 0 fully saturated rings. The molecule has 24 heavy (non-hydrogen) atoms. The Bertz CT molecular complexity index is 719. The Kier molecular flexibility index (Phi) is 6.31. The number of benzene rings is 2. The van der Waals surface area contributed by atoms with Crippen LogP contribution in [0.15, 0.2) is 48.5 Å². The second-order valence-electron chi connectivity index (χ2n) is 5.02. The SMILES string of the molecule is CCNC(=O)c1cccc(NC(=O)CCOc2ccccc2F)c1. The fourth-order valence-electron chi connectivity index (χ4n) is 2.04. The molecule has 0 bridgehead atoms. The maximum atomic E-state index is 13.4. The van der Waals surface area contributed by atoms with Crippen molar-refractivity contribution in [1.29, 1.82) is 0 Å². The molecular formula is C18H19FN2O3. The lowest BCUT2D eigenvalue weighted by molar-refractivity contribution is -0.116. The molecule has 0 saturated carbocycles. The van der Waals surface area contributed by atoms with Gasteiger partial charge in [-0.25, -0.2) is 4.39 Å². The molecule has 0 saturated heterocycles. The van der Waals surface area contributed by atoms with Crippen molar-refractivity contribution < 1.29 is 18.7 Å². The predicted octanol–water partition coefficient (Wildman–Crippen LogP) is 2.98. The molecule has 0 aliphatic carbocycles. The van der Waals surface area contributed by atoms with Crippen LogP contribution in [0.2, 0.25) is 0 Å². The molecule has 0 aliphatic heterocycles. The Morgan fingerprint density at radius 3 is 2.67 bits per heavy atom. The van der Waals surface area contributed by atoms with Crippen molar-refractivity contribution >= 4 is 17.5 Å². The molecular weight excluding hydrogens is 311 g/mol. The van der Waals surface area contributed by atoms with E-state index in [-0.39, 0.29) is 30.6 Å². The molecule has 6 heteroatoms. The molecule has 0 heterocycles. The van der Waals surface area contributed by atoms with Crippen LogP contribution in [-0.2, 0) is 4.79 Å². The Labute approximate surface area is 139 Å². The van der Waals surface area contributed by atoms with E-state index in [9.17, 15) is 14.0 Å². The summed E-state index contributed by atoms with van der Waals surface area (Å²) < 4.78 is 18.6. The van der Waals surface area contributed by atoms with Crippen molar-refractivity contribution in [3.63, 3.8) is 0 Å². The van der Waals surface area contributed by atoms with E-state index in [1.54, 1.807) is 36.4 Å². The fraction of sp³-hybridized carbons (Fsp3) is 0.222. The van der Waals surface area contributed by atoms with Gasteiger partial charge in [0.25, 0.3) is 5.91 Å². The smallest absolute Gasteiger partial charge is 0.251 e. The molecule has 0 aliphatic rings. The van der Waals surface area contributed by atoms with Gasteiger partial charge in [-0.3, -0.25) is 9.59 Å². The van der Waals surface area contributed by atoms with E-state index in [4.69, 9.17) is 4.74 Å². The first kappa shape index (κ1) is 17.5. The van der Waals surface area contributed by atoms with Crippen molar-refractivity contribution in [2.75, 3.05) is 18.5 Å². The zero-order valence-electron chi connectivity index (χ0n) is 13.3. The number of halogens is 1. The van der Waals surface area contributed by atoms with Crippen molar-refractivity contribution in [1.82, 2.24) is 5.32 Å². The number of anilines is 1. The van der Waals surface area contributed by atoms with Gasteiger partial charge in [0.1, 0.15) is 0 Å². The monoisotopic (exact) mass is 330 g/mol. The van der Waals surface area contributed by atoms with Crippen LogP contribution in [-0.4, -0.2) is 25.0 Å². The van der Waals surface area contributed by atoms with E-state index in [1.807, 2.05) is 6.92 Å². The number of nitrogens with one attached hydrogen (secondary N) is 2. The molecule has 0 spiro atoms. The molecule has 2 N–H and O–H groups in total. The van der Waals surface area contributed by atoms with Crippen LogP contribution in [0.1, 0.15) is 23.7 Å². The summed E-state index contributed by atoms with van der Waals surface area (Å²) in [7, 11) is 0. The second-order valence-corrected chi connectivity index (χ2v) is 5.02. The van der Waals surface area contributed by atoms with Crippen LogP contribution in [0.25, 0.3) is 0 Å². The first-order valence-corrected chi connectivity index (χ1v) is 7.65. The highest BCUT2D eigenvalue weighted by Gasteiger charge is 2.08. The summed E-state index contributed by atoms with van der Waals surface area (Å²) in [6, 6.07) is 12.7. The molecule has 0 aromatic heterocycles. The molecule has 0 unspecified atom stereocenters. The van der Waals surface area contributed by atoms with E-state index in [0.717, 1.165) is 0 Å². The van der Waals surface area contributed by atoms with Gasteiger partial charge in [0, 0.05) is 17.8 Å². The van der Waals surface area contributed by atoms with E-state index in [1.165, 1.54) is 12.1 Å². The van der Waals surface area contributed by atoms with Gasteiger partial charge in [-0.1, -0.05) is 18.2 Å². The molecule has 2 rings (SSSR count). The van der Waals surface area contributed by atoms with Gasteiger partial charge in [-0.15, -0.1) is 0 Å². The average molecular weight is 330 g/mol. The summed E-state index contributed by atoms with van der Waals surface area (Å²) in [6.07, 6.45) is 0.0692. The number of ether oxygens (including phenoxy) is 1. The van der Waals surface area contributed by atoms with Crippen LogP contribution < -0.4 is 15.4 Å². The van der Waals surface area contributed by atoms with Crippen molar-refractivity contribution in [3.05, 3.63) is 59.9 Å². The van der Waals surface area contributed by atoms with Gasteiger partial charge in [0.05, 0.1) is 13.0 Å². The zero-order valence-corrected chi connectivity index (χ0v) is 13.3. The highest BCUT2D eigenvalue weighted by molar-refractivity contribution is 5.97. The molecule has 126 valence electrons. The predicted molar refractivity (Wildman–Crippen MR) is 89.6 cm³/mol. The van der Waals surface area contributed by atoms with Crippen molar-refractivity contribution in [3.8, 4) is 5.75 Å². The second kappa shape index (κ2) is 8.67. The third-order valence-electron chi connectivity index (χ3n) is 3.17. The van der Waals surface area contributed by atoms with Gasteiger partial charge in [-0.2, -0.15) is 0 Å². The lowest BCUT2D eigenvalue weighted by atomic mass is 10.2. The third kappa shape index (κ3) is 5.08. The van der Waals surface area contributed by atoms with Crippen LogP contribution in [0.3, 0.4) is 0 Å². The maximum Gasteiger partial charge on any atom is 0.251 e. The summed E-state index contributed by atoms with van der Waals surface area (Å²) in [5.41, 5.74) is 0.993. The van der Waals surface area contributed by atoms with Gasteiger partial charge in [-0.05, 0) is 37.3 Å². The van der Waals surface area contributed by atoms with E-state index in [2.05, 4.69) is 10.6 Å². The van der Waals surface area contributed by atoms with Crippen LogP contribution in [0, 0.1) is 5.82 Å². The minimum absolute atomic E-state index is 0.0583. The summed E-state index contributed by atoms with van der Waals surface area (Å²) in [5, 5.41) is 5.38. The number of carbonyl (C=O) groups excluding carboxylic acids is 2. The Hall–Kier alpha value is -2.89. The Balaban J connectivity index is 1.85. The van der Waals surface area contributed by atoms with Crippen molar-refractivity contribution in [2.24, 2.45) is 0 Å². The first-order chi connectivity index (χ1) is 11.6. The van der Waals surface area contributed by atoms with Gasteiger partial charge < -0.3 is 15.4 Å². The molecule has 0 atom stereocenters. The summed E-state index contributed by atoms with van der Waals surface area (Å²) in [6.45, 7) is 2.42. The van der Waals surface area contributed by atoms with E-state index >= 15 is 0 Å². The number of para-hydroxylation sites is 1. The standard InChI is InChI=1S/C18H19FN2O3/c1-2-20-18(23)13-6-5-7-14(12-13)21-17(22)10-11-24-16-9-4-3-8-15(16)19/h3-9,12H,2,10-11H2,1H3,(H,20,23)(H,21,22). The van der Waals surface area contributed by atoms with Crippen LogP contribution >= 0.6 is 0 Å². The highest BCUT2D eigenvalue weighted by atomic mass is 19.1. The number of hydrogen-bond acceptors (Lipinski definition) is 3. The minimum atomic E-state index is -0.465. The van der Waals surface area contributed by atoms with Crippen LogP contribution in [0.4, 0.5) is 10.1 Å².